The van der Waals surface area contributed by atoms with E-state index in [4.69, 9.17) is 22.3 Å². The third-order valence-electron chi connectivity index (χ3n) is 7.13. The topological polar surface area (TPSA) is 268 Å². The number of carboxylic acids is 2. The van der Waals surface area contributed by atoms with Crippen LogP contribution in [0.15, 0.2) is 35.5 Å². The predicted molar refractivity (Wildman–Crippen MR) is 160 cm³/mol. The minimum absolute atomic E-state index is 0.0136. The van der Waals surface area contributed by atoms with Crippen molar-refractivity contribution in [3.05, 3.63) is 36.0 Å². The fourth-order valence-electron chi connectivity index (χ4n) is 4.35. The van der Waals surface area contributed by atoms with Crippen molar-refractivity contribution >= 4 is 46.5 Å². The molecule has 2 aromatic rings. The number of hydrogen-bond donors (Lipinski definition) is 9. The van der Waals surface area contributed by atoms with Crippen LogP contribution in [-0.4, -0.2) is 81.5 Å². The largest absolute Gasteiger partial charge is 0.481 e. The highest BCUT2D eigenvalue weighted by molar-refractivity contribution is 5.95. The summed E-state index contributed by atoms with van der Waals surface area (Å²) < 4.78 is 0. The van der Waals surface area contributed by atoms with Crippen LogP contribution in [0.25, 0.3) is 10.9 Å². The van der Waals surface area contributed by atoms with Gasteiger partial charge in [-0.25, -0.2) is 4.79 Å². The molecule has 1 heterocycles. The molecule has 2 rings (SSSR count). The molecule has 0 aliphatic carbocycles. The fourth-order valence-corrected chi connectivity index (χ4v) is 4.35. The molecule has 0 aliphatic rings. The van der Waals surface area contributed by atoms with E-state index in [-0.39, 0.29) is 44.1 Å². The zero-order valence-electron chi connectivity index (χ0n) is 24.3. The molecule has 5 unspecified atom stereocenters. The summed E-state index contributed by atoms with van der Waals surface area (Å²) >= 11 is 0. The molecule has 12 N–H and O–H groups in total. The van der Waals surface area contributed by atoms with E-state index in [1.54, 1.807) is 6.20 Å². The summed E-state index contributed by atoms with van der Waals surface area (Å²) in [5.74, 6) is -5.06. The maximum absolute atomic E-state index is 13.7. The normalized spacial score (nSPS) is 14.5. The van der Waals surface area contributed by atoms with Crippen LogP contribution in [0, 0.1) is 5.92 Å². The summed E-state index contributed by atoms with van der Waals surface area (Å²) in [6.45, 7) is 3.84. The second kappa shape index (κ2) is 16.7. The first-order chi connectivity index (χ1) is 20.3. The van der Waals surface area contributed by atoms with Crippen molar-refractivity contribution in [1.82, 2.24) is 20.9 Å². The van der Waals surface area contributed by atoms with Crippen molar-refractivity contribution in [3.63, 3.8) is 0 Å². The molecule has 3 amide bonds. The number of para-hydroxylation sites is 1. The summed E-state index contributed by atoms with van der Waals surface area (Å²) in [6.07, 6.45) is 1.82. The summed E-state index contributed by atoms with van der Waals surface area (Å²) in [4.78, 5) is 69.6. The van der Waals surface area contributed by atoms with E-state index in [9.17, 15) is 29.1 Å². The molecular weight excluding hydrogens is 560 g/mol. The van der Waals surface area contributed by atoms with Crippen LogP contribution in [0.5, 0.6) is 0 Å². The van der Waals surface area contributed by atoms with E-state index in [1.165, 1.54) is 0 Å². The number of aromatic nitrogens is 1. The Morgan fingerprint density at radius 1 is 0.930 bits per heavy atom. The van der Waals surface area contributed by atoms with E-state index in [0.717, 1.165) is 16.5 Å². The van der Waals surface area contributed by atoms with Gasteiger partial charge in [-0.3, -0.25) is 24.2 Å². The number of aromatic amines is 1. The zero-order valence-corrected chi connectivity index (χ0v) is 24.3. The van der Waals surface area contributed by atoms with Gasteiger partial charge in [0.1, 0.15) is 18.1 Å². The van der Waals surface area contributed by atoms with E-state index in [1.807, 2.05) is 38.1 Å². The standard InChI is InChI=1S/C28H42N8O7/c1-3-15(2)23(29)26(41)36-21(13-16-14-33-18-8-5-4-7-17(16)18)25(40)34-19(9-6-12-32-28(30)31)24(39)35-20(27(42)43)10-11-22(37)38/h4-5,7-8,14-15,19-21,23,33H,3,6,9-13,29H2,1-2H3,(H,34,40)(H,35,39)(H,36,41)(H,37,38)(H,42,43)(H4,30,31,32). The second-order valence-electron chi connectivity index (χ2n) is 10.4. The molecular formula is C28H42N8O7. The molecule has 0 saturated carbocycles. The number of carboxylic acid groups (broad SMARTS) is 2. The molecule has 43 heavy (non-hydrogen) atoms. The summed E-state index contributed by atoms with van der Waals surface area (Å²) in [5, 5.41) is 26.9. The molecule has 15 heteroatoms. The molecule has 1 aromatic carbocycles. The minimum atomic E-state index is -1.50. The van der Waals surface area contributed by atoms with Gasteiger partial charge in [0.15, 0.2) is 5.96 Å². The number of nitrogens with zero attached hydrogens (tertiary/aromatic N) is 1. The van der Waals surface area contributed by atoms with Crippen molar-refractivity contribution in [2.45, 2.75) is 76.5 Å². The molecule has 0 fully saturated rings. The van der Waals surface area contributed by atoms with Gasteiger partial charge in [0, 0.05) is 36.5 Å². The third kappa shape index (κ3) is 10.9. The number of benzene rings is 1. The first kappa shape index (κ1) is 34.5. The number of rotatable bonds is 18. The van der Waals surface area contributed by atoms with Gasteiger partial charge >= 0.3 is 11.9 Å². The first-order valence-electron chi connectivity index (χ1n) is 14.1. The SMILES string of the molecule is CCC(C)C(N)C(=O)NC(Cc1c[nH]c2ccccc12)C(=O)NC(CCCN=C(N)N)C(=O)NC(CCC(=O)O)C(=O)O. The lowest BCUT2D eigenvalue weighted by atomic mass is 9.98. The molecule has 1 aromatic heterocycles. The number of hydrogen-bond acceptors (Lipinski definition) is 7. The number of aliphatic imine (C=N–C) groups is 1. The zero-order chi connectivity index (χ0) is 32.1. The summed E-state index contributed by atoms with van der Waals surface area (Å²) in [5.41, 5.74) is 18.4. The van der Waals surface area contributed by atoms with Crippen LogP contribution in [0.4, 0.5) is 0 Å². The van der Waals surface area contributed by atoms with Crippen molar-refractivity contribution in [2.75, 3.05) is 6.54 Å². The quantitative estimate of drug-likeness (QED) is 0.0602. The molecule has 0 bridgehead atoms. The molecule has 15 nitrogen and oxygen atoms in total. The van der Waals surface area contributed by atoms with Crippen LogP contribution in [0.2, 0.25) is 0 Å². The van der Waals surface area contributed by atoms with Gasteiger partial charge in [0.2, 0.25) is 17.7 Å². The number of guanidine groups is 1. The Bertz CT molecular complexity index is 1310. The number of H-pyrrole nitrogens is 1. The van der Waals surface area contributed by atoms with Crippen LogP contribution >= 0.6 is 0 Å². The Hall–Kier alpha value is -4.66. The van der Waals surface area contributed by atoms with Gasteiger partial charge in [0.25, 0.3) is 0 Å². The molecule has 236 valence electrons. The Morgan fingerprint density at radius 3 is 2.19 bits per heavy atom. The van der Waals surface area contributed by atoms with Crippen molar-refractivity contribution in [3.8, 4) is 0 Å². The van der Waals surface area contributed by atoms with Crippen molar-refractivity contribution in [1.29, 1.82) is 0 Å². The Balaban J connectivity index is 2.33. The molecule has 0 spiro atoms. The van der Waals surface area contributed by atoms with Crippen molar-refractivity contribution < 1.29 is 34.2 Å². The van der Waals surface area contributed by atoms with Crippen LogP contribution in [0.1, 0.15) is 51.5 Å². The van der Waals surface area contributed by atoms with Gasteiger partial charge in [-0.2, -0.15) is 0 Å². The smallest absolute Gasteiger partial charge is 0.326 e. The number of nitrogens with one attached hydrogen (secondary N) is 4. The Kier molecular flexibility index (Phi) is 13.4. The average Bonchev–Trinajstić information content (AvgIpc) is 3.37. The second-order valence-corrected chi connectivity index (χ2v) is 10.4. The highest BCUT2D eigenvalue weighted by Crippen LogP contribution is 2.19. The van der Waals surface area contributed by atoms with Gasteiger partial charge in [-0.15, -0.1) is 0 Å². The molecule has 5 atom stereocenters. The van der Waals surface area contributed by atoms with E-state index in [2.05, 4.69) is 25.9 Å². The monoisotopic (exact) mass is 602 g/mol. The van der Waals surface area contributed by atoms with Crippen LogP contribution in [0.3, 0.4) is 0 Å². The lowest BCUT2D eigenvalue weighted by molar-refractivity contribution is -0.143. The predicted octanol–water partition coefficient (Wildman–Crippen LogP) is -0.459. The summed E-state index contributed by atoms with van der Waals surface area (Å²) in [7, 11) is 0. The van der Waals surface area contributed by atoms with Gasteiger partial charge < -0.3 is 48.3 Å². The Morgan fingerprint density at radius 2 is 1.56 bits per heavy atom. The number of fused-ring (bicyclic) bond motifs is 1. The maximum Gasteiger partial charge on any atom is 0.326 e. The average molecular weight is 603 g/mol. The maximum atomic E-state index is 13.7. The number of carbonyl (C=O) groups excluding carboxylic acids is 3. The molecule has 0 radical (unpaired) electrons. The first-order valence-corrected chi connectivity index (χ1v) is 14.1. The van der Waals surface area contributed by atoms with E-state index < -0.39 is 60.2 Å². The Labute approximate surface area is 249 Å². The lowest BCUT2D eigenvalue weighted by Gasteiger charge is -2.26. The number of nitrogens with two attached hydrogens (primary N) is 3. The van der Waals surface area contributed by atoms with Gasteiger partial charge in [-0.1, -0.05) is 38.5 Å². The third-order valence-corrected chi connectivity index (χ3v) is 7.13. The highest BCUT2D eigenvalue weighted by atomic mass is 16.4. The van der Waals surface area contributed by atoms with Crippen LogP contribution < -0.4 is 33.2 Å². The van der Waals surface area contributed by atoms with E-state index >= 15 is 0 Å². The van der Waals surface area contributed by atoms with E-state index in [0.29, 0.717) is 6.42 Å². The number of aliphatic carboxylic acids is 2. The van der Waals surface area contributed by atoms with Crippen molar-refractivity contribution in [2.24, 2.45) is 28.1 Å². The lowest BCUT2D eigenvalue weighted by Crippen LogP contribution is -2.58. The molecule has 0 saturated heterocycles. The van der Waals surface area contributed by atoms with Gasteiger partial charge in [-0.05, 0) is 36.8 Å². The molecule has 0 aliphatic heterocycles. The minimum Gasteiger partial charge on any atom is -0.481 e. The fraction of sp³-hybridized carbons (Fsp3) is 0.500. The van der Waals surface area contributed by atoms with Crippen LogP contribution in [-0.2, 0) is 30.4 Å². The van der Waals surface area contributed by atoms with Gasteiger partial charge in [0.05, 0.1) is 6.04 Å². The number of amides is 3. The highest BCUT2D eigenvalue weighted by Gasteiger charge is 2.31. The number of carbonyl (C=O) groups is 5. The summed E-state index contributed by atoms with van der Waals surface area (Å²) in [6, 6.07) is 2.65.